The van der Waals surface area contributed by atoms with E-state index in [1.165, 1.54) is 38.5 Å². The second-order valence-corrected chi connectivity index (χ2v) is 19.7. The Morgan fingerprint density at radius 1 is 0.429 bits per heavy atom. The molecule has 0 aromatic rings. The number of ether oxygens (including phenoxy) is 6. The van der Waals surface area contributed by atoms with Gasteiger partial charge in [-0.3, -0.25) is 4.79 Å². The molecule has 2 fully saturated rings. The zero-order valence-electron chi connectivity index (χ0n) is 46.9. The lowest BCUT2D eigenvalue weighted by Crippen LogP contribution is -2.61. The van der Waals surface area contributed by atoms with Gasteiger partial charge in [0.2, 0.25) is 0 Å². The van der Waals surface area contributed by atoms with Gasteiger partial charge in [-0.15, -0.1) is 0 Å². The summed E-state index contributed by atoms with van der Waals surface area (Å²) >= 11 is 0. The third-order valence-electron chi connectivity index (χ3n) is 13.0. The summed E-state index contributed by atoms with van der Waals surface area (Å²) in [7, 11) is 0. The molecule has 11 atom stereocenters. The number of aliphatic hydroxyl groups excluding tert-OH is 7. The van der Waals surface area contributed by atoms with Crippen molar-refractivity contribution in [2.45, 2.75) is 235 Å². The van der Waals surface area contributed by atoms with Gasteiger partial charge >= 0.3 is 5.97 Å². The molecule has 0 aromatic carbocycles. The summed E-state index contributed by atoms with van der Waals surface area (Å²) in [5.74, 6) is -0.406. The fourth-order valence-corrected chi connectivity index (χ4v) is 8.35. The highest BCUT2D eigenvalue weighted by atomic mass is 16.7. The van der Waals surface area contributed by atoms with Gasteiger partial charge in [0.05, 0.1) is 26.4 Å². The second kappa shape index (κ2) is 48.3. The van der Waals surface area contributed by atoms with Gasteiger partial charge in [-0.2, -0.15) is 0 Å². The van der Waals surface area contributed by atoms with Crippen LogP contribution in [-0.2, 0) is 33.2 Å². The Kier molecular flexibility index (Phi) is 43.6. The minimum atomic E-state index is -1.73. The van der Waals surface area contributed by atoms with Crippen LogP contribution >= 0.6 is 0 Å². The average Bonchev–Trinajstić information content (AvgIpc) is 3.43. The maximum Gasteiger partial charge on any atom is 0.306 e. The van der Waals surface area contributed by atoms with Gasteiger partial charge < -0.3 is 64.2 Å². The van der Waals surface area contributed by atoms with E-state index in [1.807, 2.05) is 0 Å². The molecule has 0 aliphatic carbocycles. The summed E-state index contributed by atoms with van der Waals surface area (Å²) in [5, 5.41) is 72.4. The van der Waals surface area contributed by atoms with Gasteiger partial charge in [-0.05, 0) is 96.3 Å². The van der Waals surface area contributed by atoms with Gasteiger partial charge in [0.1, 0.15) is 54.9 Å². The lowest BCUT2D eigenvalue weighted by atomic mass is 9.98. The number of aliphatic hydroxyl groups is 7. The first kappa shape index (κ1) is 69.5. The molecule has 2 heterocycles. The summed E-state index contributed by atoms with van der Waals surface area (Å²) in [6.45, 7) is 3.28. The Hall–Kier alpha value is -3.61. The first-order valence-electron chi connectivity index (χ1n) is 29.1. The molecule has 2 aliphatic heterocycles. The Labute approximate surface area is 463 Å². The summed E-state index contributed by atoms with van der Waals surface area (Å²) in [5.41, 5.74) is 0. The molecule has 11 unspecified atom stereocenters. The van der Waals surface area contributed by atoms with Gasteiger partial charge in [-0.1, -0.05) is 187 Å². The van der Waals surface area contributed by atoms with E-state index in [9.17, 15) is 40.5 Å². The number of rotatable bonds is 45. The van der Waals surface area contributed by atoms with Crippen LogP contribution < -0.4 is 0 Å². The van der Waals surface area contributed by atoms with Crippen LogP contribution in [0.5, 0.6) is 0 Å². The van der Waals surface area contributed by atoms with Crippen LogP contribution in [0, 0.1) is 0 Å². The molecular weight excluding hydrogens is 981 g/mol. The molecule has 14 nitrogen and oxygen atoms in total. The molecule has 438 valence electrons. The van der Waals surface area contributed by atoms with Crippen molar-refractivity contribution in [3.05, 3.63) is 122 Å². The second-order valence-electron chi connectivity index (χ2n) is 19.7. The number of esters is 1. The van der Waals surface area contributed by atoms with Crippen molar-refractivity contribution >= 4 is 5.97 Å². The minimum Gasteiger partial charge on any atom is -0.457 e. The van der Waals surface area contributed by atoms with Crippen molar-refractivity contribution in [1.82, 2.24) is 0 Å². The van der Waals surface area contributed by atoms with Gasteiger partial charge in [0.15, 0.2) is 12.6 Å². The summed E-state index contributed by atoms with van der Waals surface area (Å²) in [6, 6.07) is 0. The lowest BCUT2D eigenvalue weighted by molar-refractivity contribution is -0.332. The van der Waals surface area contributed by atoms with Crippen molar-refractivity contribution in [3.8, 4) is 0 Å². The maximum atomic E-state index is 13.1. The predicted octanol–water partition coefficient (Wildman–Crippen LogP) is 10.5. The summed E-state index contributed by atoms with van der Waals surface area (Å²) < 4.78 is 34.3. The van der Waals surface area contributed by atoms with Crippen LogP contribution in [0.2, 0.25) is 0 Å². The average molecular weight is 1080 g/mol. The topological polar surface area (TPSA) is 214 Å². The van der Waals surface area contributed by atoms with Gasteiger partial charge in [0, 0.05) is 13.0 Å². The smallest absolute Gasteiger partial charge is 0.306 e. The van der Waals surface area contributed by atoms with Crippen LogP contribution in [-0.4, -0.2) is 142 Å². The van der Waals surface area contributed by atoms with Crippen LogP contribution in [0.1, 0.15) is 168 Å². The largest absolute Gasteiger partial charge is 0.457 e. The highest BCUT2D eigenvalue weighted by Crippen LogP contribution is 2.26. The molecular formula is C63H102O14. The summed E-state index contributed by atoms with van der Waals surface area (Å²) in [4.78, 5) is 13.1. The minimum absolute atomic E-state index is 0.0115. The zero-order chi connectivity index (χ0) is 55.8. The van der Waals surface area contributed by atoms with Crippen molar-refractivity contribution in [2.24, 2.45) is 0 Å². The molecule has 0 aromatic heterocycles. The van der Waals surface area contributed by atoms with Crippen molar-refractivity contribution in [2.75, 3.05) is 33.0 Å². The zero-order valence-corrected chi connectivity index (χ0v) is 46.9. The van der Waals surface area contributed by atoms with E-state index in [0.717, 1.165) is 103 Å². The quantitative estimate of drug-likeness (QED) is 0.0172. The van der Waals surface area contributed by atoms with Crippen molar-refractivity contribution in [3.63, 3.8) is 0 Å². The van der Waals surface area contributed by atoms with E-state index in [1.54, 1.807) is 0 Å². The molecule has 2 aliphatic rings. The van der Waals surface area contributed by atoms with Gasteiger partial charge in [-0.25, -0.2) is 0 Å². The molecule has 0 radical (unpaired) electrons. The Balaban J connectivity index is 1.75. The Bertz CT molecular complexity index is 1730. The molecule has 14 heteroatoms. The van der Waals surface area contributed by atoms with E-state index >= 15 is 0 Å². The molecule has 2 saturated heterocycles. The van der Waals surface area contributed by atoms with Crippen LogP contribution in [0.3, 0.4) is 0 Å². The highest BCUT2D eigenvalue weighted by molar-refractivity contribution is 5.69. The predicted molar refractivity (Wildman–Crippen MR) is 307 cm³/mol. The number of allylic oxidation sites excluding steroid dienone is 20. The SMILES string of the molecule is CC/C=C\C/C=C\C/C=C\C/C=C\C/C=C\C/C=C\CCCOCC(COC1OC(COC2OC(CO)C(O)C(O)C2O)C(O)C(O)C1O)OC(=O)CCCCCCCCCCCC/C=C\C/C=C\C/C=C\C/C=C\CC. The van der Waals surface area contributed by atoms with Gasteiger partial charge in [0.25, 0.3) is 0 Å². The van der Waals surface area contributed by atoms with Crippen LogP contribution in [0.4, 0.5) is 0 Å². The van der Waals surface area contributed by atoms with Crippen LogP contribution in [0.15, 0.2) is 122 Å². The molecule has 0 amide bonds. The standard InChI is InChI=1S/C63H102O14/c1-3-5-7-9-11-13-15-17-19-21-23-25-26-27-28-30-32-34-36-38-40-42-44-46-55(65)75-52(49-72-47-45-43-41-39-37-35-33-31-29-24-22-20-18-16-14-12-10-8-6-4-2)50-73-62-61(71)59(69)57(67)54(77-62)51-74-63-60(70)58(68)56(66)53(48-64)76-63/h5-8,11-14,17-20,23-25,29,33,35,39,41,52-54,56-64,66-71H,3-4,9-10,15-16,21-22,26-28,30-32,34,36-38,40,42-51H2,1-2H3/b7-5-,8-6-,13-11-,14-12-,19-17-,20-18-,25-23-,29-24-,35-33-,41-39-. The normalized spacial score (nSPS) is 25.2. The van der Waals surface area contributed by atoms with E-state index in [2.05, 4.69) is 135 Å². The molecule has 0 spiro atoms. The Morgan fingerprint density at radius 3 is 1.26 bits per heavy atom. The van der Waals surface area contributed by atoms with E-state index in [0.29, 0.717) is 13.0 Å². The molecule has 2 rings (SSSR count). The lowest BCUT2D eigenvalue weighted by Gasteiger charge is -2.42. The summed E-state index contributed by atoms with van der Waals surface area (Å²) in [6.07, 6.45) is 51.2. The Morgan fingerprint density at radius 2 is 0.805 bits per heavy atom. The molecule has 77 heavy (non-hydrogen) atoms. The fraction of sp³-hybridized carbons (Fsp3) is 0.667. The van der Waals surface area contributed by atoms with E-state index < -0.39 is 86.7 Å². The van der Waals surface area contributed by atoms with E-state index in [4.69, 9.17) is 28.4 Å². The number of carbonyl (C=O) groups is 1. The third kappa shape index (κ3) is 34.9. The number of hydrogen-bond donors (Lipinski definition) is 7. The molecule has 7 N–H and O–H groups in total. The van der Waals surface area contributed by atoms with Crippen molar-refractivity contribution < 1.29 is 69.0 Å². The number of hydrogen-bond acceptors (Lipinski definition) is 14. The monoisotopic (exact) mass is 1080 g/mol. The fourth-order valence-electron chi connectivity index (χ4n) is 8.35. The van der Waals surface area contributed by atoms with Crippen LogP contribution in [0.25, 0.3) is 0 Å². The van der Waals surface area contributed by atoms with E-state index in [-0.39, 0.29) is 19.6 Å². The molecule has 0 saturated carbocycles. The maximum absolute atomic E-state index is 13.1. The number of unbranched alkanes of at least 4 members (excludes halogenated alkanes) is 11. The van der Waals surface area contributed by atoms with Crippen molar-refractivity contribution in [1.29, 1.82) is 0 Å². The molecule has 0 bridgehead atoms. The third-order valence-corrected chi connectivity index (χ3v) is 13.0. The first-order chi connectivity index (χ1) is 37.6. The first-order valence-corrected chi connectivity index (χ1v) is 29.1. The highest BCUT2D eigenvalue weighted by Gasteiger charge is 2.47. The number of carbonyl (C=O) groups excluding carboxylic acids is 1.